The van der Waals surface area contributed by atoms with Gasteiger partial charge in [-0.2, -0.15) is 9.98 Å². The Morgan fingerprint density at radius 1 is 0.714 bits per heavy atom. The molecule has 0 spiro atoms. The largest absolute Gasteiger partial charge is 0.396 e. The number of nitrogens with zero attached hydrogens (tertiary/aromatic N) is 2. The molecule has 0 atom stereocenters. The summed E-state index contributed by atoms with van der Waals surface area (Å²) >= 11 is 35.3. The SMILES string of the molecule is CCC(CO)(CO)CO.ClC1C(Cl)C(Cl)C(Cl)C(Cl)C1Cl.O=C=NCN=C=O. The smallest absolute Gasteiger partial charge is 0.236 e. The number of isocyanates is 2. The van der Waals surface area contributed by atoms with E-state index in [9.17, 15) is 9.59 Å². The third kappa shape index (κ3) is 10.4. The fraction of sp³-hybridized carbons (Fsp3) is 0.867. The van der Waals surface area contributed by atoms with Gasteiger partial charge in [0.25, 0.3) is 0 Å². The first-order chi connectivity index (χ1) is 13.1. The third-order valence-electron chi connectivity index (χ3n) is 3.85. The summed E-state index contributed by atoms with van der Waals surface area (Å²) in [5.74, 6) is 0. The molecular formula is C15H22Cl6N2O5. The Morgan fingerprint density at radius 2 is 0.964 bits per heavy atom. The molecule has 0 saturated heterocycles. The minimum Gasteiger partial charge on any atom is -0.396 e. The van der Waals surface area contributed by atoms with Gasteiger partial charge in [0.15, 0.2) is 6.67 Å². The average Bonchev–Trinajstić information content (AvgIpc) is 2.73. The Morgan fingerprint density at radius 3 is 1.07 bits per heavy atom. The van der Waals surface area contributed by atoms with Gasteiger partial charge in [-0.1, -0.05) is 6.92 Å². The molecule has 7 nitrogen and oxygen atoms in total. The minimum absolute atomic E-state index is 0.156. The Kier molecular flexibility index (Phi) is 18.7. The van der Waals surface area contributed by atoms with Crippen molar-refractivity contribution in [3.8, 4) is 0 Å². The number of hydrogen-bond acceptors (Lipinski definition) is 7. The first-order valence-corrected chi connectivity index (χ1v) is 10.5. The highest BCUT2D eigenvalue weighted by Gasteiger charge is 2.46. The second kappa shape index (κ2) is 17.1. The first kappa shape index (κ1) is 30.6. The van der Waals surface area contributed by atoms with E-state index in [0.29, 0.717) is 6.42 Å². The fourth-order valence-corrected chi connectivity index (χ4v) is 3.96. The van der Waals surface area contributed by atoms with Crippen LogP contribution in [0.25, 0.3) is 0 Å². The van der Waals surface area contributed by atoms with Gasteiger partial charge in [-0.15, -0.1) is 69.6 Å². The predicted octanol–water partition coefficient (Wildman–Crippen LogP) is 2.62. The molecule has 1 rings (SSSR count). The summed E-state index contributed by atoms with van der Waals surface area (Å²) in [6, 6.07) is 0. The molecule has 1 fully saturated rings. The summed E-state index contributed by atoms with van der Waals surface area (Å²) < 4.78 is 0. The lowest BCUT2D eigenvalue weighted by atomic mass is 9.88. The number of alkyl halides is 6. The van der Waals surface area contributed by atoms with Crippen molar-refractivity contribution in [3.63, 3.8) is 0 Å². The van der Waals surface area contributed by atoms with Crippen molar-refractivity contribution in [1.29, 1.82) is 0 Å². The van der Waals surface area contributed by atoms with Gasteiger partial charge in [0.2, 0.25) is 12.2 Å². The molecule has 1 aliphatic carbocycles. The van der Waals surface area contributed by atoms with E-state index >= 15 is 0 Å². The van der Waals surface area contributed by atoms with Gasteiger partial charge in [0, 0.05) is 5.41 Å². The number of hydrogen-bond donors (Lipinski definition) is 3. The van der Waals surface area contributed by atoms with Crippen molar-refractivity contribution >= 4 is 81.8 Å². The second-order valence-corrected chi connectivity index (χ2v) is 8.66. The molecule has 0 radical (unpaired) electrons. The second-order valence-electron chi connectivity index (χ2n) is 5.63. The van der Waals surface area contributed by atoms with Crippen molar-refractivity contribution in [3.05, 3.63) is 0 Å². The molecule has 1 saturated carbocycles. The lowest BCUT2D eigenvalue weighted by Crippen LogP contribution is -2.52. The maximum Gasteiger partial charge on any atom is 0.236 e. The number of aliphatic hydroxyl groups excluding tert-OH is 3. The summed E-state index contributed by atoms with van der Waals surface area (Å²) in [6.07, 6.45) is 3.00. The Labute approximate surface area is 193 Å². The van der Waals surface area contributed by atoms with Crippen LogP contribution in [0.5, 0.6) is 0 Å². The highest BCUT2D eigenvalue weighted by molar-refractivity contribution is 6.45. The van der Waals surface area contributed by atoms with Gasteiger partial charge < -0.3 is 15.3 Å². The van der Waals surface area contributed by atoms with Crippen molar-refractivity contribution in [1.82, 2.24) is 0 Å². The molecule has 28 heavy (non-hydrogen) atoms. The molecule has 3 N–H and O–H groups in total. The number of aliphatic hydroxyl groups is 3. The monoisotopic (exact) mass is 520 g/mol. The number of carbonyl (C=O) groups excluding carboxylic acids is 2. The zero-order chi connectivity index (χ0) is 22.3. The highest BCUT2D eigenvalue weighted by Crippen LogP contribution is 2.39. The maximum absolute atomic E-state index is 9.20. The molecule has 164 valence electrons. The molecule has 0 aromatic rings. The summed E-state index contributed by atoms with van der Waals surface area (Å²) in [6.45, 7) is 1.19. The highest BCUT2D eigenvalue weighted by atomic mass is 35.5. The van der Waals surface area contributed by atoms with Crippen LogP contribution in [0.4, 0.5) is 0 Å². The first-order valence-electron chi connectivity index (χ1n) is 7.87. The van der Waals surface area contributed by atoms with E-state index in [1.165, 1.54) is 12.2 Å². The molecule has 0 aromatic carbocycles. The van der Waals surface area contributed by atoms with Gasteiger partial charge in [0.1, 0.15) is 0 Å². The van der Waals surface area contributed by atoms with E-state index in [-0.39, 0.29) is 26.5 Å². The van der Waals surface area contributed by atoms with Crippen molar-refractivity contribution in [2.24, 2.45) is 15.4 Å². The summed E-state index contributed by atoms with van der Waals surface area (Å²) in [5.41, 5.74) is -0.667. The van der Waals surface area contributed by atoms with Gasteiger partial charge in [-0.25, -0.2) is 9.59 Å². The van der Waals surface area contributed by atoms with Crippen LogP contribution in [0.15, 0.2) is 9.98 Å². The van der Waals surface area contributed by atoms with Crippen LogP contribution in [0.1, 0.15) is 13.3 Å². The number of aliphatic imine (C=N–C) groups is 2. The molecule has 0 unspecified atom stereocenters. The molecule has 0 heterocycles. The van der Waals surface area contributed by atoms with Crippen LogP contribution in [0, 0.1) is 5.41 Å². The lowest BCUT2D eigenvalue weighted by molar-refractivity contribution is 0.00304. The minimum atomic E-state index is -0.667. The average molecular weight is 523 g/mol. The van der Waals surface area contributed by atoms with E-state index in [0.717, 1.165) is 0 Å². The number of rotatable bonds is 6. The summed E-state index contributed by atoms with van der Waals surface area (Å²) in [7, 11) is 0. The van der Waals surface area contributed by atoms with E-state index in [2.05, 4.69) is 9.98 Å². The quantitative estimate of drug-likeness (QED) is 0.281. The topological polar surface area (TPSA) is 120 Å². The van der Waals surface area contributed by atoms with Gasteiger partial charge in [0.05, 0.1) is 52.1 Å². The van der Waals surface area contributed by atoms with E-state index in [1.54, 1.807) is 0 Å². The Balaban J connectivity index is 0. The molecule has 0 amide bonds. The Hall–Kier alpha value is 0.380. The predicted molar refractivity (Wildman–Crippen MR) is 113 cm³/mol. The van der Waals surface area contributed by atoms with E-state index in [1.807, 2.05) is 6.92 Å². The van der Waals surface area contributed by atoms with Crippen LogP contribution >= 0.6 is 69.6 Å². The summed E-state index contributed by atoms with van der Waals surface area (Å²) in [4.78, 5) is 24.2. The van der Waals surface area contributed by atoms with Crippen molar-refractivity contribution in [2.75, 3.05) is 26.5 Å². The van der Waals surface area contributed by atoms with E-state index < -0.39 is 37.7 Å². The standard InChI is InChI=1S/C6H6Cl6.C6H14O3.C3H2N2O2/c7-1-2(8)4(10)6(12)5(11)3(1)9;1-2-6(3-7,4-8)5-9;6-2-4-1-5-3-7/h1-6H;7-9H,2-5H2,1H3;1H2. The molecule has 13 heteroatoms. The van der Waals surface area contributed by atoms with Crippen LogP contribution in [0.3, 0.4) is 0 Å². The molecule has 0 aliphatic heterocycles. The van der Waals surface area contributed by atoms with Gasteiger partial charge in [-0.3, -0.25) is 0 Å². The normalized spacial score (nSPS) is 29.1. The van der Waals surface area contributed by atoms with Gasteiger partial charge in [-0.05, 0) is 6.42 Å². The fourth-order valence-electron chi connectivity index (χ4n) is 1.63. The van der Waals surface area contributed by atoms with Crippen LogP contribution in [0.2, 0.25) is 0 Å². The zero-order valence-corrected chi connectivity index (χ0v) is 19.4. The van der Waals surface area contributed by atoms with Crippen LogP contribution in [-0.2, 0) is 9.59 Å². The molecule has 0 bridgehead atoms. The molecular weight excluding hydrogens is 501 g/mol. The third-order valence-corrected chi connectivity index (χ3v) is 7.88. The lowest BCUT2D eigenvalue weighted by Gasteiger charge is -2.37. The summed E-state index contributed by atoms with van der Waals surface area (Å²) in [5, 5.41) is 23.3. The maximum atomic E-state index is 9.20. The van der Waals surface area contributed by atoms with Crippen molar-refractivity contribution < 1.29 is 24.9 Å². The number of halogens is 6. The van der Waals surface area contributed by atoms with Crippen LogP contribution < -0.4 is 0 Å². The molecule has 1 aliphatic rings. The Bertz CT molecular complexity index is 423. The zero-order valence-electron chi connectivity index (χ0n) is 14.8. The molecule has 0 aromatic heterocycles. The van der Waals surface area contributed by atoms with Crippen LogP contribution in [-0.4, -0.2) is 86.2 Å². The van der Waals surface area contributed by atoms with E-state index in [4.69, 9.17) is 84.9 Å². The van der Waals surface area contributed by atoms with Gasteiger partial charge >= 0.3 is 0 Å². The van der Waals surface area contributed by atoms with Crippen molar-refractivity contribution in [2.45, 2.75) is 45.6 Å².